The van der Waals surface area contributed by atoms with E-state index in [1.54, 1.807) is 0 Å². The smallest absolute Gasteiger partial charge is 0.0991 e. The van der Waals surface area contributed by atoms with E-state index in [4.69, 9.17) is 5.26 Å². The fourth-order valence-electron chi connectivity index (χ4n) is 3.60. The van der Waals surface area contributed by atoms with Gasteiger partial charge in [0.05, 0.1) is 28.7 Å². The van der Waals surface area contributed by atoms with E-state index in [9.17, 15) is 0 Å². The maximum Gasteiger partial charge on any atom is 0.0991 e. The Bertz CT molecular complexity index is 1160. The molecule has 0 spiro atoms. The van der Waals surface area contributed by atoms with Gasteiger partial charge in [0, 0.05) is 15.4 Å². The Kier molecular flexibility index (Phi) is 4.12. The van der Waals surface area contributed by atoms with Gasteiger partial charge in [0.25, 0.3) is 0 Å². The zero-order chi connectivity index (χ0) is 18.9. The fourth-order valence-corrected chi connectivity index (χ4v) is 4.66. The van der Waals surface area contributed by atoms with Crippen molar-refractivity contribution in [3.05, 3.63) is 103 Å². The normalized spacial score (nSPS) is 12.0. The highest BCUT2D eigenvalue weighted by atomic mass is 32.2. The number of hydrogen-bond donors (Lipinski definition) is 0. The van der Waals surface area contributed by atoms with Gasteiger partial charge in [0.15, 0.2) is 0 Å². The molecule has 0 bridgehead atoms. The van der Waals surface area contributed by atoms with Gasteiger partial charge >= 0.3 is 0 Å². The predicted molar refractivity (Wildman–Crippen MR) is 115 cm³/mol. The molecule has 0 saturated carbocycles. The van der Waals surface area contributed by atoms with Gasteiger partial charge in [-0.2, -0.15) is 5.26 Å². The van der Waals surface area contributed by atoms with Crippen LogP contribution in [0.1, 0.15) is 5.56 Å². The lowest BCUT2D eigenvalue weighted by Gasteiger charge is -2.34. The van der Waals surface area contributed by atoms with Crippen LogP contribution in [0.4, 0.5) is 17.1 Å². The van der Waals surface area contributed by atoms with Crippen molar-refractivity contribution in [2.24, 2.45) is 0 Å². The first-order chi connectivity index (χ1) is 13.8. The molecule has 1 aliphatic heterocycles. The minimum atomic E-state index is 0.672. The number of para-hydroxylation sites is 3. The second kappa shape index (κ2) is 6.92. The van der Waals surface area contributed by atoms with E-state index in [0.717, 1.165) is 16.8 Å². The highest BCUT2D eigenvalue weighted by molar-refractivity contribution is 7.99. The largest absolute Gasteiger partial charge is 0.308 e. The Morgan fingerprint density at radius 3 is 1.75 bits per heavy atom. The molecule has 0 saturated heterocycles. The molecule has 0 N–H and O–H groups in total. The number of rotatable bonds is 2. The predicted octanol–water partition coefficient (Wildman–Crippen LogP) is 7.16. The fraction of sp³-hybridized carbons (Fsp3) is 0. The first-order valence-electron chi connectivity index (χ1n) is 9.11. The molecular formula is C25H16N2S. The van der Waals surface area contributed by atoms with Crippen molar-refractivity contribution in [2.75, 3.05) is 4.90 Å². The van der Waals surface area contributed by atoms with Crippen LogP contribution in [-0.4, -0.2) is 0 Å². The van der Waals surface area contributed by atoms with Crippen LogP contribution in [0, 0.1) is 11.3 Å². The van der Waals surface area contributed by atoms with Gasteiger partial charge in [-0.1, -0.05) is 66.4 Å². The topological polar surface area (TPSA) is 27.0 Å². The minimum Gasteiger partial charge on any atom is -0.308 e. The number of hydrogen-bond acceptors (Lipinski definition) is 3. The van der Waals surface area contributed by atoms with Crippen molar-refractivity contribution in [3.63, 3.8) is 0 Å². The highest BCUT2D eigenvalue weighted by Crippen LogP contribution is 2.52. The molecule has 1 aliphatic rings. The maximum absolute atomic E-state index is 9.12. The highest BCUT2D eigenvalue weighted by Gasteiger charge is 2.25. The molecule has 4 aromatic carbocycles. The maximum atomic E-state index is 9.12. The lowest BCUT2D eigenvalue weighted by atomic mass is 10.0. The van der Waals surface area contributed by atoms with E-state index in [0.29, 0.717) is 5.56 Å². The Labute approximate surface area is 168 Å². The Morgan fingerprint density at radius 2 is 1.14 bits per heavy atom. The minimum absolute atomic E-state index is 0.672. The molecule has 0 aliphatic carbocycles. The molecule has 0 fully saturated rings. The summed E-state index contributed by atoms with van der Waals surface area (Å²) in [4.78, 5) is 4.83. The summed E-state index contributed by atoms with van der Waals surface area (Å²) in [6.07, 6.45) is 0. The van der Waals surface area contributed by atoms with Crippen molar-refractivity contribution in [2.45, 2.75) is 9.79 Å². The van der Waals surface area contributed by atoms with Crippen LogP contribution >= 0.6 is 11.8 Å². The van der Waals surface area contributed by atoms with E-state index in [-0.39, 0.29) is 0 Å². The van der Waals surface area contributed by atoms with Crippen LogP contribution < -0.4 is 4.90 Å². The average Bonchev–Trinajstić information content (AvgIpc) is 2.77. The molecule has 132 valence electrons. The summed E-state index contributed by atoms with van der Waals surface area (Å²) in [6.45, 7) is 0. The molecule has 0 atom stereocenters. The summed E-state index contributed by atoms with van der Waals surface area (Å²) in [5.41, 5.74) is 6.42. The van der Waals surface area contributed by atoms with Gasteiger partial charge in [-0.3, -0.25) is 0 Å². The van der Waals surface area contributed by atoms with Crippen molar-refractivity contribution in [1.82, 2.24) is 0 Å². The van der Waals surface area contributed by atoms with E-state index in [2.05, 4.69) is 83.8 Å². The Morgan fingerprint density at radius 1 is 0.607 bits per heavy atom. The van der Waals surface area contributed by atoms with Gasteiger partial charge < -0.3 is 4.90 Å². The summed E-state index contributed by atoms with van der Waals surface area (Å²) < 4.78 is 0. The first kappa shape index (κ1) is 16.7. The van der Waals surface area contributed by atoms with Gasteiger partial charge in [-0.25, -0.2) is 0 Å². The number of benzene rings is 4. The van der Waals surface area contributed by atoms with Crippen molar-refractivity contribution < 1.29 is 0 Å². The molecule has 5 rings (SSSR count). The van der Waals surface area contributed by atoms with Crippen LogP contribution in [0.25, 0.3) is 11.1 Å². The summed E-state index contributed by atoms with van der Waals surface area (Å²) in [7, 11) is 0. The standard InChI is InChI=1S/C25H16N2S/c26-17-18-13-15-19(16-14-18)20-7-1-2-8-21(20)27-22-9-3-5-11-24(22)28-25-12-6-4-10-23(25)27/h1-16H. The second-order valence-corrected chi connectivity index (χ2v) is 7.66. The van der Waals surface area contributed by atoms with Crippen LogP contribution in [0.5, 0.6) is 0 Å². The van der Waals surface area contributed by atoms with Gasteiger partial charge in [0.1, 0.15) is 0 Å². The van der Waals surface area contributed by atoms with Crippen LogP contribution in [0.3, 0.4) is 0 Å². The van der Waals surface area contributed by atoms with Gasteiger partial charge in [-0.15, -0.1) is 0 Å². The molecule has 3 heteroatoms. The van der Waals surface area contributed by atoms with Crippen LogP contribution in [0.15, 0.2) is 107 Å². The third-order valence-corrected chi connectivity index (χ3v) is 6.03. The van der Waals surface area contributed by atoms with E-state index in [1.807, 2.05) is 36.0 Å². The lowest BCUT2D eigenvalue weighted by Crippen LogP contribution is -2.15. The summed E-state index contributed by atoms with van der Waals surface area (Å²) in [5, 5.41) is 9.12. The van der Waals surface area contributed by atoms with Crippen molar-refractivity contribution >= 4 is 28.8 Å². The zero-order valence-corrected chi connectivity index (χ0v) is 15.9. The van der Waals surface area contributed by atoms with Crippen molar-refractivity contribution in [3.8, 4) is 17.2 Å². The zero-order valence-electron chi connectivity index (χ0n) is 15.0. The molecule has 0 radical (unpaired) electrons. The number of nitrogens with zero attached hydrogens (tertiary/aromatic N) is 2. The number of nitriles is 1. The second-order valence-electron chi connectivity index (χ2n) is 6.58. The third kappa shape index (κ3) is 2.76. The van der Waals surface area contributed by atoms with E-state index >= 15 is 0 Å². The molecule has 28 heavy (non-hydrogen) atoms. The van der Waals surface area contributed by atoms with Gasteiger partial charge in [0.2, 0.25) is 0 Å². The van der Waals surface area contributed by atoms with Gasteiger partial charge in [-0.05, 0) is 48.0 Å². The quantitative estimate of drug-likeness (QED) is 0.327. The molecule has 0 unspecified atom stereocenters. The summed E-state index contributed by atoms with van der Waals surface area (Å²) in [6, 6.07) is 35.5. The first-order valence-corrected chi connectivity index (χ1v) is 9.92. The van der Waals surface area contributed by atoms with E-state index < -0.39 is 0 Å². The lowest BCUT2D eigenvalue weighted by molar-refractivity contribution is 1.17. The molecule has 0 aromatic heterocycles. The molecule has 0 amide bonds. The summed E-state index contributed by atoms with van der Waals surface area (Å²) >= 11 is 1.81. The molecular weight excluding hydrogens is 360 g/mol. The third-order valence-electron chi connectivity index (χ3n) is 4.90. The monoisotopic (exact) mass is 376 g/mol. The molecule has 4 aromatic rings. The SMILES string of the molecule is N#Cc1ccc(-c2ccccc2N2c3ccccc3Sc3ccccc32)cc1. The molecule has 1 heterocycles. The Hall–Kier alpha value is -3.48. The number of fused-ring (bicyclic) bond motifs is 2. The van der Waals surface area contributed by atoms with Crippen LogP contribution in [-0.2, 0) is 0 Å². The molecule has 2 nitrogen and oxygen atoms in total. The summed E-state index contributed by atoms with van der Waals surface area (Å²) in [5.74, 6) is 0. The number of anilines is 3. The van der Waals surface area contributed by atoms with Crippen LogP contribution in [0.2, 0.25) is 0 Å². The average molecular weight is 376 g/mol. The van der Waals surface area contributed by atoms with E-state index in [1.165, 1.54) is 21.2 Å². The Balaban J connectivity index is 1.74. The van der Waals surface area contributed by atoms with Crippen molar-refractivity contribution in [1.29, 1.82) is 5.26 Å².